The summed E-state index contributed by atoms with van der Waals surface area (Å²) >= 11 is 0. The van der Waals surface area contributed by atoms with Crippen LogP contribution in [0, 0.1) is 6.92 Å². The third-order valence-electron chi connectivity index (χ3n) is 5.64. The number of hydrogen-bond donors (Lipinski definition) is 1. The molecule has 0 aromatic heterocycles. The molecule has 0 spiro atoms. The van der Waals surface area contributed by atoms with E-state index in [1.807, 2.05) is 31.2 Å². The summed E-state index contributed by atoms with van der Waals surface area (Å²) < 4.78 is 39.6. The number of amides is 1. The van der Waals surface area contributed by atoms with Gasteiger partial charge in [-0.3, -0.25) is 9.10 Å². The summed E-state index contributed by atoms with van der Waals surface area (Å²) in [5, 5.41) is 2.78. The molecule has 0 saturated carbocycles. The number of benzene rings is 3. The van der Waals surface area contributed by atoms with Gasteiger partial charge in [0.2, 0.25) is 0 Å². The standard InChI is InChI=1S/C26H28N2O5S/c1-3-20-10-12-21(13-11-20)32-17-16-27-26(29)25-18-28(23-6-4-5-7-24(23)33-25)34(30,31)22-14-8-19(2)9-15-22/h4-15,25H,3,16-18H2,1-2H3,(H,27,29). The summed E-state index contributed by atoms with van der Waals surface area (Å²) in [6.07, 6.45) is -0.0312. The van der Waals surface area contributed by atoms with E-state index < -0.39 is 22.0 Å². The first-order valence-electron chi connectivity index (χ1n) is 11.2. The molecule has 0 fully saturated rings. The van der Waals surface area contributed by atoms with Crippen LogP contribution in [0.4, 0.5) is 5.69 Å². The van der Waals surface area contributed by atoms with Crippen molar-refractivity contribution in [2.24, 2.45) is 0 Å². The van der Waals surface area contributed by atoms with E-state index in [-0.39, 0.29) is 24.6 Å². The fraction of sp³-hybridized carbons (Fsp3) is 0.269. The van der Waals surface area contributed by atoms with Gasteiger partial charge < -0.3 is 14.8 Å². The van der Waals surface area contributed by atoms with Crippen LogP contribution in [-0.4, -0.2) is 40.1 Å². The molecule has 0 bridgehead atoms. The van der Waals surface area contributed by atoms with Gasteiger partial charge in [-0.15, -0.1) is 0 Å². The van der Waals surface area contributed by atoms with Crippen molar-refractivity contribution in [2.75, 3.05) is 24.0 Å². The molecule has 1 N–H and O–H groups in total. The summed E-state index contributed by atoms with van der Waals surface area (Å²) in [5.74, 6) is 0.671. The Bertz CT molecular complexity index is 1240. The van der Waals surface area contributed by atoms with E-state index in [2.05, 4.69) is 12.2 Å². The molecule has 3 aromatic carbocycles. The zero-order chi connectivity index (χ0) is 24.1. The highest BCUT2D eigenvalue weighted by molar-refractivity contribution is 7.92. The highest BCUT2D eigenvalue weighted by Gasteiger charge is 2.37. The molecule has 0 saturated heterocycles. The monoisotopic (exact) mass is 480 g/mol. The van der Waals surface area contributed by atoms with Crippen LogP contribution in [0.3, 0.4) is 0 Å². The average molecular weight is 481 g/mol. The minimum absolute atomic E-state index is 0.127. The van der Waals surface area contributed by atoms with Crippen molar-refractivity contribution < 1.29 is 22.7 Å². The van der Waals surface area contributed by atoms with E-state index in [0.717, 1.165) is 17.7 Å². The molecule has 1 atom stereocenters. The van der Waals surface area contributed by atoms with Gasteiger partial charge in [0.05, 0.1) is 23.7 Å². The summed E-state index contributed by atoms with van der Waals surface area (Å²) in [5.41, 5.74) is 2.59. The number of hydrogen-bond acceptors (Lipinski definition) is 5. The number of aryl methyl sites for hydroxylation is 2. The van der Waals surface area contributed by atoms with Gasteiger partial charge in [-0.1, -0.05) is 48.9 Å². The minimum Gasteiger partial charge on any atom is -0.492 e. The molecule has 1 amide bonds. The zero-order valence-corrected chi connectivity index (χ0v) is 20.0. The Morgan fingerprint density at radius 3 is 2.47 bits per heavy atom. The number of anilines is 1. The summed E-state index contributed by atoms with van der Waals surface area (Å²) in [6, 6.07) is 21.3. The van der Waals surface area contributed by atoms with Gasteiger partial charge in [0, 0.05) is 0 Å². The van der Waals surface area contributed by atoms with Gasteiger partial charge in [-0.25, -0.2) is 8.42 Å². The number of nitrogens with zero attached hydrogens (tertiary/aromatic N) is 1. The molecule has 0 radical (unpaired) electrons. The number of carbonyl (C=O) groups excluding carboxylic acids is 1. The summed E-state index contributed by atoms with van der Waals surface area (Å²) in [4.78, 5) is 13.0. The molecule has 7 nitrogen and oxygen atoms in total. The van der Waals surface area contributed by atoms with Crippen molar-refractivity contribution in [1.82, 2.24) is 5.32 Å². The predicted octanol–water partition coefficient (Wildman–Crippen LogP) is 3.71. The van der Waals surface area contributed by atoms with E-state index in [0.29, 0.717) is 11.4 Å². The lowest BCUT2D eigenvalue weighted by Crippen LogP contribution is -2.51. The van der Waals surface area contributed by atoms with Gasteiger partial charge in [-0.05, 0) is 55.3 Å². The average Bonchev–Trinajstić information content (AvgIpc) is 2.86. The van der Waals surface area contributed by atoms with Crippen molar-refractivity contribution >= 4 is 21.6 Å². The fourth-order valence-electron chi connectivity index (χ4n) is 3.68. The van der Waals surface area contributed by atoms with Crippen molar-refractivity contribution in [3.63, 3.8) is 0 Å². The van der Waals surface area contributed by atoms with Gasteiger partial charge in [0.15, 0.2) is 6.10 Å². The van der Waals surface area contributed by atoms with Gasteiger partial charge in [0.1, 0.15) is 18.1 Å². The first-order valence-corrected chi connectivity index (χ1v) is 12.7. The molecule has 1 aliphatic heterocycles. The Kier molecular flexibility index (Phi) is 7.07. The maximum Gasteiger partial charge on any atom is 0.264 e. The second kappa shape index (κ2) is 10.2. The third-order valence-corrected chi connectivity index (χ3v) is 7.43. The molecule has 34 heavy (non-hydrogen) atoms. The molecule has 4 rings (SSSR count). The van der Waals surface area contributed by atoms with E-state index in [1.165, 1.54) is 9.87 Å². The molecule has 1 aliphatic rings. The lowest BCUT2D eigenvalue weighted by Gasteiger charge is -2.34. The van der Waals surface area contributed by atoms with E-state index in [4.69, 9.17) is 9.47 Å². The molecule has 178 valence electrons. The normalized spacial score (nSPS) is 15.2. The molecule has 3 aromatic rings. The zero-order valence-electron chi connectivity index (χ0n) is 19.2. The highest BCUT2D eigenvalue weighted by Crippen LogP contribution is 2.36. The molecule has 0 aliphatic carbocycles. The van der Waals surface area contributed by atoms with Gasteiger partial charge >= 0.3 is 0 Å². The maximum atomic E-state index is 13.4. The van der Waals surface area contributed by atoms with E-state index >= 15 is 0 Å². The number of ether oxygens (including phenoxy) is 2. The van der Waals surface area contributed by atoms with Crippen molar-refractivity contribution in [3.05, 3.63) is 83.9 Å². The Morgan fingerprint density at radius 2 is 1.76 bits per heavy atom. The number of fused-ring (bicyclic) bond motifs is 1. The SMILES string of the molecule is CCc1ccc(OCCNC(=O)C2CN(S(=O)(=O)c3ccc(C)cc3)c3ccccc3O2)cc1. The number of nitrogens with one attached hydrogen (secondary N) is 1. The lowest BCUT2D eigenvalue weighted by molar-refractivity contribution is -0.127. The number of sulfonamides is 1. The van der Waals surface area contributed by atoms with Gasteiger partial charge in [0.25, 0.3) is 15.9 Å². The van der Waals surface area contributed by atoms with Gasteiger partial charge in [-0.2, -0.15) is 0 Å². The van der Waals surface area contributed by atoms with Crippen molar-refractivity contribution in [2.45, 2.75) is 31.3 Å². The quantitative estimate of drug-likeness (QED) is 0.497. The highest BCUT2D eigenvalue weighted by atomic mass is 32.2. The Labute approximate surface area is 200 Å². The molecular weight excluding hydrogens is 452 g/mol. The van der Waals surface area contributed by atoms with Crippen LogP contribution >= 0.6 is 0 Å². The third kappa shape index (κ3) is 5.17. The van der Waals surface area contributed by atoms with E-state index in [1.54, 1.807) is 48.5 Å². The molecular formula is C26H28N2O5S. The van der Waals surface area contributed by atoms with Crippen LogP contribution in [0.1, 0.15) is 18.1 Å². The first-order chi connectivity index (χ1) is 16.4. The van der Waals surface area contributed by atoms with Crippen molar-refractivity contribution in [3.8, 4) is 11.5 Å². The molecule has 1 heterocycles. The topological polar surface area (TPSA) is 84.9 Å². The van der Waals surface area contributed by atoms with Crippen LogP contribution in [0.2, 0.25) is 0 Å². The Hall–Kier alpha value is -3.52. The van der Waals surface area contributed by atoms with Crippen LogP contribution in [0.15, 0.2) is 77.7 Å². The summed E-state index contributed by atoms with van der Waals surface area (Å²) in [6.45, 7) is 4.40. The fourth-order valence-corrected chi connectivity index (χ4v) is 5.16. The second-order valence-corrected chi connectivity index (χ2v) is 9.92. The summed E-state index contributed by atoms with van der Waals surface area (Å²) in [7, 11) is -3.88. The number of rotatable bonds is 8. The van der Waals surface area contributed by atoms with Crippen molar-refractivity contribution in [1.29, 1.82) is 0 Å². The Balaban J connectivity index is 1.43. The first kappa shape index (κ1) is 23.6. The van der Waals surface area contributed by atoms with Crippen LogP contribution in [-0.2, 0) is 21.2 Å². The lowest BCUT2D eigenvalue weighted by atomic mass is 10.2. The maximum absolute atomic E-state index is 13.4. The Morgan fingerprint density at radius 1 is 1.06 bits per heavy atom. The minimum atomic E-state index is -3.88. The number of carbonyl (C=O) groups is 1. The van der Waals surface area contributed by atoms with Crippen LogP contribution < -0.4 is 19.1 Å². The predicted molar refractivity (Wildman–Crippen MR) is 131 cm³/mol. The smallest absolute Gasteiger partial charge is 0.264 e. The second-order valence-electron chi connectivity index (χ2n) is 8.06. The number of para-hydroxylation sites is 2. The van der Waals surface area contributed by atoms with E-state index in [9.17, 15) is 13.2 Å². The largest absolute Gasteiger partial charge is 0.492 e. The van der Waals surface area contributed by atoms with Crippen LogP contribution in [0.25, 0.3) is 0 Å². The van der Waals surface area contributed by atoms with Crippen LogP contribution in [0.5, 0.6) is 11.5 Å². The molecule has 8 heteroatoms. The molecule has 1 unspecified atom stereocenters.